The summed E-state index contributed by atoms with van der Waals surface area (Å²) in [7, 11) is 0. The lowest BCUT2D eigenvalue weighted by Crippen LogP contribution is -2.49. The topological polar surface area (TPSA) is 112 Å². The van der Waals surface area contributed by atoms with Crippen LogP contribution in [0.25, 0.3) is 27.9 Å². The van der Waals surface area contributed by atoms with E-state index in [0.29, 0.717) is 24.2 Å². The van der Waals surface area contributed by atoms with E-state index in [-0.39, 0.29) is 48.6 Å². The van der Waals surface area contributed by atoms with Crippen molar-refractivity contribution in [1.29, 1.82) is 5.26 Å². The highest BCUT2D eigenvalue weighted by Crippen LogP contribution is 2.28. The summed E-state index contributed by atoms with van der Waals surface area (Å²) in [5, 5.41) is 20.2. The number of hydrogen-bond donors (Lipinski definition) is 1. The third kappa shape index (κ3) is 5.61. The normalized spacial score (nSPS) is 13.7. The molecule has 0 saturated carbocycles. The Morgan fingerprint density at radius 1 is 0.935 bits per heavy atom. The fourth-order valence-electron chi connectivity index (χ4n) is 6.03. The molecule has 1 fully saturated rings. The summed E-state index contributed by atoms with van der Waals surface area (Å²) in [5.41, 5.74) is 1.78. The van der Waals surface area contributed by atoms with Crippen molar-refractivity contribution < 1.29 is 23.5 Å². The lowest BCUT2D eigenvalue weighted by atomic mass is 10.1. The van der Waals surface area contributed by atoms with Crippen LogP contribution < -0.4 is 10.3 Å². The lowest BCUT2D eigenvalue weighted by Gasteiger charge is -2.36. The third-order valence-electron chi connectivity index (χ3n) is 8.34. The van der Waals surface area contributed by atoms with Gasteiger partial charge in [0.05, 0.1) is 11.2 Å². The number of aromatic nitrogens is 2. The number of piperazine rings is 1. The van der Waals surface area contributed by atoms with Crippen LogP contribution in [0.1, 0.15) is 28.4 Å². The summed E-state index contributed by atoms with van der Waals surface area (Å²) >= 11 is 0. The first-order valence-corrected chi connectivity index (χ1v) is 14.8. The number of carbonyl (C=O) groups excluding carboxylic acids is 1. The van der Waals surface area contributed by atoms with E-state index in [1.54, 1.807) is 39.5 Å². The molecule has 0 aliphatic carbocycles. The number of carboxylic acid groups (broad SMARTS) is 1. The number of benzene rings is 3. The van der Waals surface area contributed by atoms with Gasteiger partial charge in [-0.05, 0) is 48.9 Å². The molecule has 0 atom stereocenters. The molecule has 3 aromatic carbocycles. The van der Waals surface area contributed by atoms with Gasteiger partial charge in [0.1, 0.15) is 28.8 Å². The van der Waals surface area contributed by atoms with Gasteiger partial charge in [-0.1, -0.05) is 30.3 Å². The molecule has 6 rings (SSSR count). The summed E-state index contributed by atoms with van der Waals surface area (Å²) in [6.07, 6.45) is 4.67. The quantitative estimate of drug-likeness (QED) is 0.196. The molecule has 0 bridgehead atoms. The number of hydrogen-bond acceptors (Lipinski definition) is 5. The van der Waals surface area contributed by atoms with Crippen LogP contribution in [0, 0.1) is 23.0 Å². The molecule has 0 unspecified atom stereocenters. The molecular weight excluding hydrogens is 592 g/mol. The number of carbonyl (C=O) groups is 2. The van der Waals surface area contributed by atoms with Gasteiger partial charge in [-0.15, -0.1) is 0 Å². The van der Waals surface area contributed by atoms with Crippen LogP contribution in [0.4, 0.5) is 14.5 Å². The van der Waals surface area contributed by atoms with E-state index >= 15 is 4.39 Å². The number of pyridine rings is 1. The van der Waals surface area contributed by atoms with Gasteiger partial charge in [0.15, 0.2) is 0 Å². The number of anilines is 1. The molecule has 9 nitrogen and oxygen atoms in total. The molecular formula is C35H29F2N5O4. The number of para-hydroxylation sites is 1. The fourth-order valence-corrected chi connectivity index (χ4v) is 6.03. The van der Waals surface area contributed by atoms with Gasteiger partial charge in [0.2, 0.25) is 5.43 Å². The molecule has 232 valence electrons. The maximum absolute atomic E-state index is 15.3. The Labute approximate surface area is 262 Å². The average Bonchev–Trinajstić information content (AvgIpc) is 3.40. The molecule has 0 radical (unpaired) electrons. The first-order chi connectivity index (χ1) is 22.2. The Hall–Kier alpha value is -5.76. The smallest absolute Gasteiger partial charge is 0.341 e. The summed E-state index contributed by atoms with van der Waals surface area (Å²) in [4.78, 5) is 41.1. The summed E-state index contributed by atoms with van der Waals surface area (Å²) in [6, 6.07) is 18.6. The van der Waals surface area contributed by atoms with Crippen LogP contribution in [-0.2, 0) is 17.9 Å². The number of aromatic carboxylic acids is 1. The SMILES string of the molecule is CCn1cc(C(=O)O)c(=O)c2cc(F)c(N3CCN(C(=O)/C(C#N)=C/c4cn(Cc5cccc(F)c5)c5ccccc45)CC3)cc21. The van der Waals surface area contributed by atoms with Gasteiger partial charge >= 0.3 is 5.97 Å². The Balaban J connectivity index is 1.23. The number of rotatable bonds is 7. The van der Waals surface area contributed by atoms with E-state index in [9.17, 15) is 29.1 Å². The van der Waals surface area contributed by atoms with Gasteiger partial charge in [-0.2, -0.15) is 5.26 Å². The standard InChI is InChI=1S/C35H29F2N5O4/c1-2-39-21-28(35(45)46)33(43)27-16-29(37)32(17-31(27)39)40-10-12-41(13-11-40)34(44)23(18-38)15-24-20-42(30-9-4-3-8-26(24)30)19-22-6-5-7-25(36)14-22/h3-9,14-17,20-21H,2,10-13,19H2,1H3,(H,45,46)/b23-15+. The number of nitriles is 1. The second-order valence-corrected chi connectivity index (χ2v) is 11.1. The van der Waals surface area contributed by atoms with E-state index in [1.807, 2.05) is 47.2 Å². The molecule has 1 saturated heterocycles. The van der Waals surface area contributed by atoms with Crippen LogP contribution in [0.2, 0.25) is 0 Å². The minimum absolute atomic E-state index is 0.0158. The minimum Gasteiger partial charge on any atom is -0.477 e. The number of nitrogens with zero attached hydrogens (tertiary/aromatic N) is 5. The van der Waals surface area contributed by atoms with Crippen LogP contribution in [0.15, 0.2) is 83.4 Å². The Morgan fingerprint density at radius 3 is 2.39 bits per heavy atom. The third-order valence-corrected chi connectivity index (χ3v) is 8.34. The fraction of sp³-hybridized carbons (Fsp3) is 0.200. The number of amides is 1. The van der Waals surface area contributed by atoms with Crippen molar-refractivity contribution in [3.8, 4) is 6.07 Å². The second kappa shape index (κ2) is 12.3. The predicted octanol–water partition coefficient (Wildman–Crippen LogP) is 5.26. The van der Waals surface area contributed by atoms with Gasteiger partial charge in [0.25, 0.3) is 5.91 Å². The Kier molecular flexibility index (Phi) is 8.11. The zero-order chi connectivity index (χ0) is 32.5. The van der Waals surface area contributed by atoms with Crippen molar-refractivity contribution >= 4 is 45.4 Å². The van der Waals surface area contributed by atoms with Crippen LogP contribution in [-0.4, -0.2) is 57.2 Å². The van der Waals surface area contributed by atoms with Crippen molar-refractivity contribution in [2.24, 2.45) is 0 Å². The van der Waals surface area contributed by atoms with Gasteiger partial charge in [-0.3, -0.25) is 9.59 Å². The molecule has 5 aromatic rings. The zero-order valence-electron chi connectivity index (χ0n) is 24.9. The largest absolute Gasteiger partial charge is 0.477 e. The van der Waals surface area contributed by atoms with Gasteiger partial charge in [-0.25, -0.2) is 13.6 Å². The van der Waals surface area contributed by atoms with Gasteiger partial charge in [0, 0.05) is 73.5 Å². The number of fused-ring (bicyclic) bond motifs is 2. The molecule has 2 aromatic heterocycles. The molecule has 11 heteroatoms. The van der Waals surface area contributed by atoms with E-state index in [1.165, 1.54) is 18.3 Å². The molecule has 1 amide bonds. The van der Waals surface area contributed by atoms with Crippen LogP contribution >= 0.6 is 0 Å². The molecule has 46 heavy (non-hydrogen) atoms. The van der Waals surface area contributed by atoms with E-state index < -0.39 is 28.7 Å². The Bertz CT molecular complexity index is 2150. The highest BCUT2D eigenvalue weighted by molar-refractivity contribution is 6.04. The molecule has 0 spiro atoms. The maximum Gasteiger partial charge on any atom is 0.341 e. The highest BCUT2D eigenvalue weighted by atomic mass is 19.1. The Morgan fingerprint density at radius 2 is 1.70 bits per heavy atom. The monoisotopic (exact) mass is 621 g/mol. The number of carboxylic acids is 1. The van der Waals surface area contributed by atoms with Crippen molar-refractivity contribution in [3.63, 3.8) is 0 Å². The zero-order valence-corrected chi connectivity index (χ0v) is 24.9. The van der Waals surface area contributed by atoms with Crippen molar-refractivity contribution in [2.75, 3.05) is 31.1 Å². The summed E-state index contributed by atoms with van der Waals surface area (Å²) in [5.74, 6) is -2.81. The highest BCUT2D eigenvalue weighted by Gasteiger charge is 2.26. The van der Waals surface area contributed by atoms with E-state index in [2.05, 4.69) is 0 Å². The number of aryl methyl sites for hydroxylation is 1. The predicted molar refractivity (Wildman–Crippen MR) is 171 cm³/mol. The van der Waals surface area contributed by atoms with Crippen LogP contribution in [0.3, 0.4) is 0 Å². The summed E-state index contributed by atoms with van der Waals surface area (Å²) < 4.78 is 32.7. The molecule has 1 aliphatic heterocycles. The molecule has 3 heterocycles. The number of halogens is 2. The lowest BCUT2D eigenvalue weighted by molar-refractivity contribution is -0.126. The van der Waals surface area contributed by atoms with Crippen molar-refractivity contribution in [3.05, 3.63) is 117 Å². The molecule has 1 aliphatic rings. The second-order valence-electron chi connectivity index (χ2n) is 11.1. The first kappa shape index (κ1) is 30.3. The average molecular weight is 622 g/mol. The maximum atomic E-state index is 15.3. The minimum atomic E-state index is -1.38. The van der Waals surface area contributed by atoms with E-state index in [0.717, 1.165) is 22.5 Å². The summed E-state index contributed by atoms with van der Waals surface area (Å²) in [6.45, 7) is 3.60. The first-order valence-electron chi connectivity index (χ1n) is 14.8. The van der Waals surface area contributed by atoms with Crippen molar-refractivity contribution in [2.45, 2.75) is 20.0 Å². The van der Waals surface area contributed by atoms with Crippen molar-refractivity contribution in [1.82, 2.24) is 14.0 Å². The molecule has 1 N–H and O–H groups in total. The van der Waals surface area contributed by atoms with Crippen LogP contribution in [0.5, 0.6) is 0 Å². The van der Waals surface area contributed by atoms with Gasteiger partial charge < -0.3 is 24.0 Å². The van der Waals surface area contributed by atoms with E-state index in [4.69, 9.17) is 0 Å².